The summed E-state index contributed by atoms with van der Waals surface area (Å²) in [7, 11) is 0. The van der Waals surface area contributed by atoms with Crippen LogP contribution >= 0.6 is 0 Å². The molecule has 100 valence electrons. The van der Waals surface area contributed by atoms with Gasteiger partial charge >= 0.3 is 0 Å². The molecule has 0 saturated carbocycles. The fourth-order valence-corrected chi connectivity index (χ4v) is 1.78. The summed E-state index contributed by atoms with van der Waals surface area (Å²) in [5, 5.41) is 22.6. The number of tetrazole rings is 1. The molecule has 7 heteroatoms. The lowest BCUT2D eigenvalue weighted by molar-refractivity contribution is 0.0732. The van der Waals surface area contributed by atoms with E-state index in [1.54, 1.807) is 23.1 Å². The number of nitrogens with zero attached hydrogens (tertiary/aromatic N) is 4. The highest BCUT2D eigenvalue weighted by Gasteiger charge is 2.14. The lowest BCUT2D eigenvalue weighted by Gasteiger charge is -2.19. The molecular formula is C12H15N5O2. The smallest absolute Gasteiger partial charge is 0.253 e. The number of aromatic amines is 1. The number of nitrogens with one attached hydrogen (secondary N) is 1. The number of likely N-dealkylation sites (N-methyl/N-ethyl adjacent to an activating group) is 1. The number of hydrogen-bond acceptors (Lipinski definition) is 5. The Hall–Kier alpha value is -2.28. The summed E-state index contributed by atoms with van der Waals surface area (Å²) >= 11 is 0. The number of carbonyl (C=O) groups excluding carboxylic acids is 1. The van der Waals surface area contributed by atoms with Gasteiger partial charge in [0.1, 0.15) is 0 Å². The number of aliphatic hydroxyl groups is 1. The standard InChI is InChI=1S/C12H15N5O2/c1-2-17(6-7-18)12(19)10-5-3-4-9(8-10)11-13-15-16-14-11/h3-5,8,18H,2,6-7H2,1H3,(H,13,14,15,16). The normalized spacial score (nSPS) is 10.4. The largest absolute Gasteiger partial charge is 0.395 e. The van der Waals surface area contributed by atoms with Crippen LogP contribution in [0.3, 0.4) is 0 Å². The van der Waals surface area contributed by atoms with E-state index in [0.717, 1.165) is 5.56 Å². The third-order valence-corrected chi connectivity index (χ3v) is 2.75. The van der Waals surface area contributed by atoms with Crippen molar-refractivity contribution in [1.29, 1.82) is 0 Å². The minimum absolute atomic E-state index is 0.0515. The molecule has 2 aromatic rings. The van der Waals surface area contributed by atoms with Crippen molar-refractivity contribution in [3.8, 4) is 11.4 Å². The molecule has 0 unspecified atom stereocenters. The predicted molar refractivity (Wildman–Crippen MR) is 68.3 cm³/mol. The zero-order valence-electron chi connectivity index (χ0n) is 10.6. The van der Waals surface area contributed by atoms with Crippen LogP contribution in [0.5, 0.6) is 0 Å². The van der Waals surface area contributed by atoms with Gasteiger partial charge in [-0.2, -0.15) is 5.21 Å². The second-order valence-corrected chi connectivity index (χ2v) is 3.92. The topological polar surface area (TPSA) is 95.0 Å². The van der Waals surface area contributed by atoms with Crippen molar-refractivity contribution in [3.63, 3.8) is 0 Å². The molecule has 0 aliphatic rings. The summed E-state index contributed by atoms with van der Waals surface area (Å²) in [6.07, 6.45) is 0. The second kappa shape index (κ2) is 6.05. The molecule has 7 nitrogen and oxygen atoms in total. The van der Waals surface area contributed by atoms with Crippen LogP contribution in [0.15, 0.2) is 24.3 Å². The number of H-pyrrole nitrogens is 1. The van der Waals surface area contributed by atoms with Crippen LogP contribution in [-0.2, 0) is 0 Å². The van der Waals surface area contributed by atoms with Crippen molar-refractivity contribution in [3.05, 3.63) is 29.8 Å². The molecule has 0 fully saturated rings. The van der Waals surface area contributed by atoms with Gasteiger partial charge in [-0.05, 0) is 24.3 Å². The van der Waals surface area contributed by atoms with Crippen molar-refractivity contribution >= 4 is 5.91 Å². The molecule has 2 rings (SSSR count). The molecule has 0 atom stereocenters. The van der Waals surface area contributed by atoms with Gasteiger partial charge in [0.25, 0.3) is 5.91 Å². The van der Waals surface area contributed by atoms with Gasteiger partial charge in [-0.25, -0.2) is 0 Å². The SMILES string of the molecule is CCN(CCO)C(=O)c1cccc(-c2nn[nH]n2)c1. The van der Waals surface area contributed by atoms with E-state index in [-0.39, 0.29) is 12.5 Å². The Kier molecular flexibility index (Phi) is 4.19. The van der Waals surface area contributed by atoms with E-state index in [4.69, 9.17) is 5.11 Å². The lowest BCUT2D eigenvalue weighted by Crippen LogP contribution is -2.33. The quantitative estimate of drug-likeness (QED) is 0.808. The Labute approximate surface area is 110 Å². The van der Waals surface area contributed by atoms with Crippen LogP contribution < -0.4 is 0 Å². The Balaban J connectivity index is 2.25. The predicted octanol–water partition coefficient (Wildman–Crippen LogP) is 0.321. The molecule has 1 aromatic heterocycles. The number of amides is 1. The first-order valence-electron chi connectivity index (χ1n) is 6.00. The Bertz CT molecular complexity index is 541. The maximum atomic E-state index is 12.2. The van der Waals surface area contributed by atoms with Crippen molar-refractivity contribution < 1.29 is 9.90 Å². The Morgan fingerprint density at radius 2 is 2.32 bits per heavy atom. The number of benzene rings is 1. The molecule has 19 heavy (non-hydrogen) atoms. The van der Waals surface area contributed by atoms with Gasteiger partial charge in [-0.1, -0.05) is 12.1 Å². The van der Waals surface area contributed by atoms with Gasteiger partial charge in [0, 0.05) is 24.2 Å². The Morgan fingerprint density at radius 1 is 1.47 bits per heavy atom. The number of rotatable bonds is 5. The van der Waals surface area contributed by atoms with E-state index in [9.17, 15) is 4.79 Å². The molecule has 0 aliphatic carbocycles. The average molecular weight is 261 g/mol. The van der Waals surface area contributed by atoms with Gasteiger partial charge in [0.15, 0.2) is 0 Å². The number of aromatic nitrogens is 4. The minimum Gasteiger partial charge on any atom is -0.395 e. The van der Waals surface area contributed by atoms with Crippen LogP contribution in [0.1, 0.15) is 17.3 Å². The van der Waals surface area contributed by atoms with Gasteiger partial charge < -0.3 is 10.0 Å². The van der Waals surface area contributed by atoms with Crippen molar-refractivity contribution in [1.82, 2.24) is 25.5 Å². The van der Waals surface area contributed by atoms with Crippen LogP contribution in [0.25, 0.3) is 11.4 Å². The summed E-state index contributed by atoms with van der Waals surface area (Å²) in [5.41, 5.74) is 1.26. The fraction of sp³-hybridized carbons (Fsp3) is 0.333. The highest BCUT2D eigenvalue weighted by Crippen LogP contribution is 2.16. The maximum absolute atomic E-state index is 12.2. The van der Waals surface area contributed by atoms with E-state index in [1.807, 2.05) is 13.0 Å². The van der Waals surface area contributed by atoms with Crippen LogP contribution in [0.2, 0.25) is 0 Å². The van der Waals surface area contributed by atoms with Crippen molar-refractivity contribution in [2.24, 2.45) is 0 Å². The highest BCUT2D eigenvalue weighted by molar-refractivity contribution is 5.95. The average Bonchev–Trinajstić information content (AvgIpc) is 2.98. The molecule has 0 bridgehead atoms. The second-order valence-electron chi connectivity index (χ2n) is 3.92. The molecule has 0 radical (unpaired) electrons. The first kappa shape index (κ1) is 13.2. The molecule has 2 N–H and O–H groups in total. The number of carbonyl (C=O) groups is 1. The van der Waals surface area contributed by atoms with E-state index >= 15 is 0 Å². The van der Waals surface area contributed by atoms with Crippen molar-refractivity contribution in [2.45, 2.75) is 6.92 Å². The summed E-state index contributed by atoms with van der Waals surface area (Å²) in [6.45, 7) is 2.69. The van der Waals surface area contributed by atoms with Gasteiger partial charge in [0.2, 0.25) is 5.82 Å². The van der Waals surface area contributed by atoms with Crippen LogP contribution in [-0.4, -0.2) is 56.2 Å². The zero-order chi connectivity index (χ0) is 13.7. The van der Waals surface area contributed by atoms with Gasteiger partial charge in [0.05, 0.1) is 6.61 Å². The zero-order valence-corrected chi connectivity index (χ0v) is 10.6. The third-order valence-electron chi connectivity index (χ3n) is 2.75. The van der Waals surface area contributed by atoms with Crippen molar-refractivity contribution in [2.75, 3.05) is 19.7 Å². The maximum Gasteiger partial charge on any atom is 0.253 e. The van der Waals surface area contributed by atoms with Crippen LogP contribution in [0.4, 0.5) is 0 Å². The molecular weight excluding hydrogens is 246 g/mol. The van der Waals surface area contributed by atoms with Gasteiger partial charge in [-0.15, -0.1) is 10.2 Å². The first-order valence-corrected chi connectivity index (χ1v) is 6.00. The molecule has 1 heterocycles. The summed E-state index contributed by atoms with van der Waals surface area (Å²) in [5.74, 6) is 0.321. The molecule has 1 aromatic carbocycles. The van der Waals surface area contributed by atoms with Crippen LogP contribution in [0, 0.1) is 0 Å². The highest BCUT2D eigenvalue weighted by atomic mass is 16.3. The van der Waals surface area contributed by atoms with E-state index in [1.165, 1.54) is 0 Å². The van der Waals surface area contributed by atoms with E-state index < -0.39 is 0 Å². The summed E-state index contributed by atoms with van der Waals surface area (Å²) < 4.78 is 0. The fourth-order valence-electron chi connectivity index (χ4n) is 1.78. The number of aliphatic hydroxyl groups excluding tert-OH is 1. The summed E-state index contributed by atoms with van der Waals surface area (Å²) in [4.78, 5) is 13.8. The molecule has 1 amide bonds. The molecule has 0 saturated heterocycles. The molecule has 0 aliphatic heterocycles. The third kappa shape index (κ3) is 2.94. The van der Waals surface area contributed by atoms with E-state index in [0.29, 0.717) is 24.5 Å². The summed E-state index contributed by atoms with van der Waals surface area (Å²) in [6, 6.07) is 7.02. The lowest BCUT2D eigenvalue weighted by atomic mass is 10.1. The molecule has 0 spiro atoms. The van der Waals surface area contributed by atoms with Gasteiger partial charge in [-0.3, -0.25) is 4.79 Å². The Morgan fingerprint density at radius 3 is 2.95 bits per heavy atom. The monoisotopic (exact) mass is 261 g/mol. The van der Waals surface area contributed by atoms with E-state index in [2.05, 4.69) is 20.6 Å². The first-order chi connectivity index (χ1) is 9.26. The minimum atomic E-state index is -0.123. The number of hydrogen-bond donors (Lipinski definition) is 2.